The van der Waals surface area contributed by atoms with Crippen molar-refractivity contribution in [2.75, 3.05) is 50.6 Å². The second-order valence-electron chi connectivity index (χ2n) is 6.19. The second-order valence-corrected chi connectivity index (χ2v) is 6.60. The number of benzene rings is 1. The average molecular weight is 390 g/mol. The first-order valence-electron chi connectivity index (χ1n) is 8.42. The van der Waals surface area contributed by atoms with E-state index in [1.165, 1.54) is 31.6 Å². The lowest BCUT2D eigenvalue weighted by Gasteiger charge is -2.33. The van der Waals surface area contributed by atoms with Crippen molar-refractivity contribution in [2.24, 2.45) is 0 Å². The van der Waals surface area contributed by atoms with E-state index in [2.05, 4.69) is 36.9 Å². The number of methoxy groups -OCH3 is 1. The molecule has 9 heteroatoms. The molecule has 142 valence electrons. The van der Waals surface area contributed by atoms with E-state index in [1.54, 1.807) is 6.07 Å². The van der Waals surface area contributed by atoms with Gasteiger partial charge in [0.2, 0.25) is 0 Å². The summed E-state index contributed by atoms with van der Waals surface area (Å²) in [5.41, 5.74) is 0.820. The third-order valence-corrected chi connectivity index (χ3v) is 4.68. The second kappa shape index (κ2) is 8.32. The molecule has 0 saturated carbocycles. The predicted octanol–water partition coefficient (Wildman–Crippen LogP) is 1.92. The lowest BCUT2D eigenvalue weighted by molar-refractivity contribution is 0.0600. The van der Waals surface area contributed by atoms with E-state index < -0.39 is 11.9 Å². The van der Waals surface area contributed by atoms with Gasteiger partial charge in [-0.2, -0.15) is 0 Å². The van der Waals surface area contributed by atoms with Gasteiger partial charge in [0, 0.05) is 32.2 Å². The van der Waals surface area contributed by atoms with Crippen LogP contribution < -0.4 is 10.2 Å². The van der Waals surface area contributed by atoms with Crippen LogP contribution in [0.3, 0.4) is 0 Å². The summed E-state index contributed by atoms with van der Waals surface area (Å²) in [6.07, 6.45) is 1.37. The van der Waals surface area contributed by atoms with Gasteiger partial charge in [-0.15, -0.1) is 0 Å². The van der Waals surface area contributed by atoms with Crippen LogP contribution in [-0.4, -0.2) is 67.1 Å². The van der Waals surface area contributed by atoms with Gasteiger partial charge in [0.15, 0.2) is 0 Å². The quantitative estimate of drug-likeness (QED) is 0.799. The van der Waals surface area contributed by atoms with Crippen LogP contribution in [0.5, 0.6) is 0 Å². The van der Waals surface area contributed by atoms with E-state index in [1.807, 2.05) is 0 Å². The van der Waals surface area contributed by atoms with Gasteiger partial charge in [-0.3, -0.25) is 4.79 Å². The molecule has 3 rings (SSSR count). The molecule has 0 unspecified atom stereocenters. The molecule has 0 atom stereocenters. The largest absolute Gasteiger partial charge is 0.465 e. The molecule has 0 bridgehead atoms. The molecule has 1 fully saturated rings. The highest BCUT2D eigenvalue weighted by Gasteiger charge is 2.18. The van der Waals surface area contributed by atoms with Crippen molar-refractivity contribution in [1.29, 1.82) is 0 Å². The van der Waals surface area contributed by atoms with E-state index >= 15 is 0 Å². The SMILES string of the molecule is COC(=O)c1ccc(Cl)c(NC(=O)c2cc(N3CCN(C)CC3)ncn2)c1. The van der Waals surface area contributed by atoms with Gasteiger partial charge >= 0.3 is 5.97 Å². The predicted molar refractivity (Wildman–Crippen MR) is 102 cm³/mol. The number of carbonyl (C=O) groups is 2. The van der Waals surface area contributed by atoms with Crippen LogP contribution in [0.1, 0.15) is 20.8 Å². The molecule has 1 saturated heterocycles. The fraction of sp³-hybridized carbons (Fsp3) is 0.333. The molecule has 1 N–H and O–H groups in total. The normalized spacial score (nSPS) is 14.7. The van der Waals surface area contributed by atoms with Gasteiger partial charge < -0.3 is 19.9 Å². The number of anilines is 2. The smallest absolute Gasteiger partial charge is 0.337 e. The third-order valence-electron chi connectivity index (χ3n) is 4.35. The third kappa shape index (κ3) is 4.53. The molecule has 8 nitrogen and oxygen atoms in total. The maximum absolute atomic E-state index is 12.6. The monoisotopic (exact) mass is 389 g/mol. The zero-order valence-electron chi connectivity index (χ0n) is 15.1. The number of ether oxygens (including phenoxy) is 1. The Morgan fingerprint density at radius 3 is 2.59 bits per heavy atom. The Labute approximate surface area is 162 Å². The number of carbonyl (C=O) groups excluding carboxylic acids is 2. The molecule has 0 spiro atoms. The zero-order chi connectivity index (χ0) is 19.4. The maximum atomic E-state index is 12.6. The van der Waals surface area contributed by atoms with Crippen LogP contribution in [0.25, 0.3) is 0 Å². The lowest BCUT2D eigenvalue weighted by Crippen LogP contribution is -2.44. The lowest BCUT2D eigenvalue weighted by atomic mass is 10.2. The minimum atomic E-state index is -0.512. The van der Waals surface area contributed by atoms with Crippen molar-refractivity contribution < 1.29 is 14.3 Å². The Morgan fingerprint density at radius 2 is 1.89 bits per heavy atom. The number of nitrogens with zero attached hydrogens (tertiary/aromatic N) is 4. The van der Waals surface area contributed by atoms with Crippen LogP contribution in [-0.2, 0) is 4.74 Å². The van der Waals surface area contributed by atoms with Crippen LogP contribution in [0.2, 0.25) is 5.02 Å². The molecular formula is C18H20ClN5O3. The molecular weight excluding hydrogens is 370 g/mol. The number of hydrogen-bond acceptors (Lipinski definition) is 7. The fourth-order valence-electron chi connectivity index (χ4n) is 2.73. The highest BCUT2D eigenvalue weighted by Crippen LogP contribution is 2.24. The molecule has 1 aromatic carbocycles. The molecule has 1 aromatic heterocycles. The van der Waals surface area contributed by atoms with Gasteiger partial charge in [0.05, 0.1) is 23.4 Å². The zero-order valence-corrected chi connectivity index (χ0v) is 15.9. The van der Waals surface area contributed by atoms with E-state index in [9.17, 15) is 9.59 Å². The number of hydrogen-bond donors (Lipinski definition) is 1. The number of halogens is 1. The number of likely N-dealkylation sites (N-methyl/N-ethyl adjacent to an activating group) is 1. The van der Waals surface area contributed by atoms with Crippen molar-refractivity contribution in [2.45, 2.75) is 0 Å². The summed E-state index contributed by atoms with van der Waals surface area (Å²) in [6, 6.07) is 6.17. The Morgan fingerprint density at radius 1 is 1.15 bits per heavy atom. The summed E-state index contributed by atoms with van der Waals surface area (Å²) in [5.74, 6) is -0.240. The standard InChI is InChI=1S/C18H20ClN5O3/c1-23-5-7-24(8-6-23)16-10-15(20-11-21-16)17(25)22-14-9-12(18(26)27-2)3-4-13(14)19/h3-4,9-11H,5-8H2,1-2H3,(H,22,25). The molecule has 1 aliphatic heterocycles. The number of aromatic nitrogens is 2. The summed E-state index contributed by atoms with van der Waals surface area (Å²) in [5, 5.41) is 3.00. The molecule has 1 amide bonds. The van der Waals surface area contributed by atoms with Crippen molar-refractivity contribution >= 4 is 35.0 Å². The first kappa shape index (κ1) is 19.1. The fourth-order valence-corrected chi connectivity index (χ4v) is 2.90. The van der Waals surface area contributed by atoms with Crippen LogP contribution in [0.15, 0.2) is 30.6 Å². The summed E-state index contributed by atoms with van der Waals surface area (Å²) in [6.45, 7) is 3.53. The van der Waals surface area contributed by atoms with Gasteiger partial charge in [0.1, 0.15) is 17.8 Å². The first-order valence-corrected chi connectivity index (χ1v) is 8.80. The van der Waals surface area contributed by atoms with Crippen LogP contribution in [0, 0.1) is 0 Å². The molecule has 2 heterocycles. The minimum Gasteiger partial charge on any atom is -0.465 e. The maximum Gasteiger partial charge on any atom is 0.337 e. The van der Waals surface area contributed by atoms with E-state index in [4.69, 9.17) is 11.6 Å². The number of piperazine rings is 1. The Kier molecular flexibility index (Phi) is 5.88. The Hall–Kier alpha value is -2.71. The van der Waals surface area contributed by atoms with Crippen LogP contribution >= 0.6 is 11.6 Å². The van der Waals surface area contributed by atoms with Gasteiger partial charge in [0.25, 0.3) is 5.91 Å². The van der Waals surface area contributed by atoms with Crippen molar-refractivity contribution in [3.63, 3.8) is 0 Å². The Bertz CT molecular complexity index is 853. The Balaban J connectivity index is 1.77. The molecule has 2 aromatic rings. The summed E-state index contributed by atoms with van der Waals surface area (Å²) in [7, 11) is 3.36. The minimum absolute atomic E-state index is 0.221. The van der Waals surface area contributed by atoms with Crippen molar-refractivity contribution in [1.82, 2.24) is 14.9 Å². The highest BCUT2D eigenvalue weighted by atomic mass is 35.5. The summed E-state index contributed by atoms with van der Waals surface area (Å²) < 4.78 is 4.69. The topological polar surface area (TPSA) is 87.7 Å². The first-order chi connectivity index (χ1) is 13.0. The van der Waals surface area contributed by atoms with Gasteiger partial charge in [-0.1, -0.05) is 11.6 Å². The highest BCUT2D eigenvalue weighted by molar-refractivity contribution is 6.34. The van der Waals surface area contributed by atoms with Gasteiger partial charge in [-0.05, 0) is 25.2 Å². The van der Waals surface area contributed by atoms with E-state index in [0.717, 1.165) is 26.2 Å². The van der Waals surface area contributed by atoms with E-state index in [-0.39, 0.29) is 11.3 Å². The number of esters is 1. The molecule has 0 radical (unpaired) electrons. The van der Waals surface area contributed by atoms with Crippen LogP contribution in [0.4, 0.5) is 11.5 Å². The van der Waals surface area contributed by atoms with Crippen molar-refractivity contribution in [3.8, 4) is 0 Å². The number of rotatable bonds is 4. The average Bonchev–Trinajstić information content (AvgIpc) is 2.69. The van der Waals surface area contributed by atoms with E-state index in [0.29, 0.717) is 16.5 Å². The van der Waals surface area contributed by atoms with Gasteiger partial charge in [-0.25, -0.2) is 14.8 Å². The summed E-state index contributed by atoms with van der Waals surface area (Å²) >= 11 is 6.13. The number of nitrogens with one attached hydrogen (secondary N) is 1. The number of amides is 1. The molecule has 1 aliphatic rings. The summed E-state index contributed by atoms with van der Waals surface area (Å²) in [4.78, 5) is 36.9. The molecule has 0 aliphatic carbocycles. The van der Waals surface area contributed by atoms with Crippen molar-refractivity contribution in [3.05, 3.63) is 46.9 Å². The molecule has 27 heavy (non-hydrogen) atoms.